The van der Waals surface area contributed by atoms with Crippen LogP contribution in [0.2, 0.25) is 0 Å². The summed E-state index contributed by atoms with van der Waals surface area (Å²) in [5, 5.41) is 2.49. The molecule has 6 heteroatoms. The number of hydrogen-bond acceptors (Lipinski definition) is 4. The highest BCUT2D eigenvalue weighted by Crippen LogP contribution is 2.34. The Kier molecular flexibility index (Phi) is 9.07. The monoisotopic (exact) mass is 287 g/mol. The second-order valence-electron chi connectivity index (χ2n) is 5.75. The first-order valence-electron chi connectivity index (χ1n) is 6.82. The Morgan fingerprint density at radius 1 is 1.00 bits per heavy atom. The number of nitrogens with one attached hydrogen (secondary N) is 2. The zero-order valence-electron chi connectivity index (χ0n) is 13.7. The minimum absolute atomic E-state index is 0.0306. The normalized spacial score (nSPS) is 11.0. The van der Waals surface area contributed by atoms with E-state index in [0.717, 1.165) is 0 Å². The van der Waals surface area contributed by atoms with Gasteiger partial charge in [-0.05, 0) is 13.3 Å². The molecule has 0 aliphatic rings. The van der Waals surface area contributed by atoms with Gasteiger partial charge in [0.1, 0.15) is 5.78 Å². The van der Waals surface area contributed by atoms with E-state index in [1.807, 2.05) is 19.3 Å². The predicted octanol–water partition coefficient (Wildman–Crippen LogP) is 1.15. The molecule has 118 valence electrons. The number of ketones is 1. The molecular weight excluding hydrogens is 258 g/mol. The van der Waals surface area contributed by atoms with Crippen LogP contribution in [0.4, 0.5) is 0 Å². The van der Waals surface area contributed by atoms with Gasteiger partial charge in [0.05, 0.1) is 6.54 Å². The van der Waals surface area contributed by atoms with Gasteiger partial charge in [-0.1, -0.05) is 41.5 Å². The van der Waals surface area contributed by atoms with Gasteiger partial charge < -0.3 is 5.32 Å². The molecule has 0 aromatic carbocycles. The summed E-state index contributed by atoms with van der Waals surface area (Å²) in [5.41, 5.74) is 0.626. The van der Waals surface area contributed by atoms with E-state index in [1.54, 1.807) is 27.7 Å². The standard InChI is InChI=1S/C12H23N3O3.C2H6/c1-8(16)11(2,3)7-12(4,5)10(18)14-6-9(17)15-13;1-2/h6-7,13H2,1-5H3,(H,14,18)(H,15,17);1-2H3. The zero-order valence-corrected chi connectivity index (χ0v) is 13.7. The summed E-state index contributed by atoms with van der Waals surface area (Å²) in [6, 6.07) is 0. The van der Waals surface area contributed by atoms with Crippen LogP contribution in [-0.4, -0.2) is 24.1 Å². The summed E-state index contributed by atoms with van der Waals surface area (Å²) < 4.78 is 0. The fourth-order valence-corrected chi connectivity index (χ4v) is 1.76. The number of amides is 2. The Morgan fingerprint density at radius 3 is 1.80 bits per heavy atom. The van der Waals surface area contributed by atoms with Crippen molar-refractivity contribution in [3.8, 4) is 0 Å². The Morgan fingerprint density at radius 2 is 1.45 bits per heavy atom. The summed E-state index contributed by atoms with van der Waals surface area (Å²) in [6.45, 7) is 12.4. The molecule has 0 aliphatic carbocycles. The molecule has 0 heterocycles. The smallest absolute Gasteiger partial charge is 0.253 e. The predicted molar refractivity (Wildman–Crippen MR) is 79.5 cm³/mol. The van der Waals surface area contributed by atoms with Crippen LogP contribution in [0.3, 0.4) is 0 Å². The SMILES string of the molecule is CC.CC(=O)C(C)(C)CC(C)(C)C(=O)NCC(=O)NN. The maximum absolute atomic E-state index is 11.9. The van der Waals surface area contributed by atoms with Gasteiger partial charge in [-0.2, -0.15) is 0 Å². The summed E-state index contributed by atoms with van der Waals surface area (Å²) in [4.78, 5) is 34.3. The van der Waals surface area contributed by atoms with Crippen LogP contribution in [0.25, 0.3) is 0 Å². The first-order valence-corrected chi connectivity index (χ1v) is 6.82. The third kappa shape index (κ3) is 7.23. The van der Waals surface area contributed by atoms with Crippen molar-refractivity contribution in [2.75, 3.05) is 6.54 Å². The van der Waals surface area contributed by atoms with Gasteiger partial charge in [-0.25, -0.2) is 5.84 Å². The highest BCUT2D eigenvalue weighted by Gasteiger charge is 2.37. The summed E-state index contributed by atoms with van der Waals surface area (Å²) in [7, 11) is 0. The van der Waals surface area contributed by atoms with Crippen molar-refractivity contribution in [1.82, 2.24) is 10.7 Å². The zero-order chi connectivity index (χ0) is 16.6. The lowest BCUT2D eigenvalue weighted by molar-refractivity contribution is -0.135. The quantitative estimate of drug-likeness (QED) is 0.387. The second kappa shape index (κ2) is 8.68. The van der Waals surface area contributed by atoms with E-state index in [0.29, 0.717) is 6.42 Å². The first kappa shape index (κ1) is 20.9. The van der Waals surface area contributed by atoms with Crippen molar-refractivity contribution >= 4 is 17.6 Å². The van der Waals surface area contributed by atoms with Crippen LogP contribution in [0.5, 0.6) is 0 Å². The van der Waals surface area contributed by atoms with Crippen LogP contribution in [-0.2, 0) is 14.4 Å². The Hall–Kier alpha value is -1.43. The Balaban J connectivity index is 0. The van der Waals surface area contributed by atoms with Crippen molar-refractivity contribution in [1.29, 1.82) is 0 Å². The van der Waals surface area contributed by atoms with E-state index in [9.17, 15) is 14.4 Å². The molecule has 0 radical (unpaired) electrons. The molecule has 2 amide bonds. The van der Waals surface area contributed by atoms with Gasteiger partial charge in [0.15, 0.2) is 0 Å². The van der Waals surface area contributed by atoms with Gasteiger partial charge in [-0.15, -0.1) is 0 Å². The molecule has 0 aromatic rings. The summed E-state index contributed by atoms with van der Waals surface area (Å²) in [5.74, 6) is 4.20. The highest BCUT2D eigenvalue weighted by atomic mass is 16.2. The van der Waals surface area contributed by atoms with Gasteiger partial charge in [0.25, 0.3) is 5.91 Å². The van der Waals surface area contributed by atoms with E-state index in [-0.39, 0.29) is 18.2 Å². The lowest BCUT2D eigenvalue weighted by Crippen LogP contribution is -2.46. The average Bonchev–Trinajstić information content (AvgIpc) is 2.36. The molecule has 0 rings (SSSR count). The number of hydrogen-bond donors (Lipinski definition) is 3. The van der Waals surface area contributed by atoms with Gasteiger partial charge >= 0.3 is 0 Å². The highest BCUT2D eigenvalue weighted by molar-refractivity contribution is 5.88. The molecule has 4 N–H and O–H groups in total. The van der Waals surface area contributed by atoms with Gasteiger partial charge in [-0.3, -0.25) is 19.8 Å². The van der Waals surface area contributed by atoms with Gasteiger partial charge in [0.2, 0.25) is 5.91 Å². The lowest BCUT2D eigenvalue weighted by atomic mass is 9.72. The molecule has 6 nitrogen and oxygen atoms in total. The molecule has 0 spiro atoms. The van der Waals surface area contributed by atoms with Crippen LogP contribution >= 0.6 is 0 Å². The van der Waals surface area contributed by atoms with E-state index in [2.05, 4.69) is 5.32 Å². The number of rotatable bonds is 6. The number of carbonyl (C=O) groups excluding carboxylic acids is 3. The molecule has 0 unspecified atom stereocenters. The van der Waals surface area contributed by atoms with Crippen molar-refractivity contribution in [2.45, 2.75) is 54.9 Å². The van der Waals surface area contributed by atoms with E-state index in [4.69, 9.17) is 5.84 Å². The Bertz CT molecular complexity index is 350. The largest absolute Gasteiger partial charge is 0.347 e. The maximum Gasteiger partial charge on any atom is 0.253 e. The van der Waals surface area contributed by atoms with Crippen molar-refractivity contribution < 1.29 is 14.4 Å². The number of carbonyl (C=O) groups is 3. The van der Waals surface area contributed by atoms with Crippen LogP contribution in [0.1, 0.15) is 54.9 Å². The summed E-state index contributed by atoms with van der Waals surface area (Å²) >= 11 is 0. The fraction of sp³-hybridized carbons (Fsp3) is 0.786. The summed E-state index contributed by atoms with van der Waals surface area (Å²) in [6.07, 6.45) is 0.408. The fourth-order valence-electron chi connectivity index (χ4n) is 1.76. The molecule has 0 saturated heterocycles. The van der Waals surface area contributed by atoms with Crippen molar-refractivity contribution in [3.05, 3.63) is 0 Å². The van der Waals surface area contributed by atoms with E-state index >= 15 is 0 Å². The third-order valence-corrected chi connectivity index (χ3v) is 3.02. The van der Waals surface area contributed by atoms with Crippen LogP contribution < -0.4 is 16.6 Å². The molecule has 0 fully saturated rings. The molecule has 0 bridgehead atoms. The first-order chi connectivity index (χ1) is 9.03. The Labute approximate surface area is 121 Å². The second-order valence-corrected chi connectivity index (χ2v) is 5.75. The molecule has 0 saturated carbocycles. The topological polar surface area (TPSA) is 101 Å². The molecule has 0 atom stereocenters. The van der Waals surface area contributed by atoms with Crippen LogP contribution in [0.15, 0.2) is 0 Å². The average molecular weight is 287 g/mol. The minimum Gasteiger partial charge on any atom is -0.347 e. The van der Waals surface area contributed by atoms with Gasteiger partial charge in [0, 0.05) is 10.8 Å². The third-order valence-electron chi connectivity index (χ3n) is 3.02. The maximum atomic E-state index is 11.9. The van der Waals surface area contributed by atoms with Crippen molar-refractivity contribution in [3.63, 3.8) is 0 Å². The van der Waals surface area contributed by atoms with Crippen LogP contribution in [0, 0.1) is 10.8 Å². The molecule has 0 aromatic heterocycles. The molecule has 0 aliphatic heterocycles. The number of nitrogens with two attached hydrogens (primary N) is 1. The van der Waals surface area contributed by atoms with E-state index < -0.39 is 16.7 Å². The van der Waals surface area contributed by atoms with E-state index in [1.165, 1.54) is 6.92 Å². The minimum atomic E-state index is -0.732. The molecule has 20 heavy (non-hydrogen) atoms. The molecular formula is C14H29N3O3. The number of hydrazine groups is 1. The number of Topliss-reactive ketones (excluding diaryl/α,β-unsaturated/α-hetero) is 1. The lowest BCUT2D eigenvalue weighted by Gasteiger charge is -2.32. The van der Waals surface area contributed by atoms with Crippen molar-refractivity contribution in [2.24, 2.45) is 16.7 Å².